The molecule has 0 saturated carbocycles. The van der Waals surface area contributed by atoms with Crippen molar-refractivity contribution < 1.29 is 9.63 Å². The Hall–Kier alpha value is -2.37. The predicted molar refractivity (Wildman–Crippen MR) is 109 cm³/mol. The fourth-order valence-corrected chi connectivity index (χ4v) is 3.09. The zero-order valence-electron chi connectivity index (χ0n) is 16.6. The zero-order chi connectivity index (χ0) is 19.4. The molecule has 27 heavy (non-hydrogen) atoms. The molecule has 0 atom stereocenters. The smallest absolute Gasteiger partial charge is 0.255 e. The molecule has 2 aromatic rings. The Kier molecular flexibility index (Phi) is 5.82. The summed E-state index contributed by atoms with van der Waals surface area (Å²) >= 11 is 0. The van der Waals surface area contributed by atoms with Gasteiger partial charge in [-0.1, -0.05) is 32.9 Å². The molecule has 1 fully saturated rings. The predicted octanol–water partition coefficient (Wildman–Crippen LogP) is 3.74. The molecule has 1 heterocycles. The van der Waals surface area contributed by atoms with Crippen LogP contribution in [0, 0.1) is 6.92 Å². The van der Waals surface area contributed by atoms with Crippen LogP contribution in [0.1, 0.15) is 42.3 Å². The van der Waals surface area contributed by atoms with Crippen molar-refractivity contribution in [3.63, 3.8) is 0 Å². The second kappa shape index (κ2) is 8.11. The van der Waals surface area contributed by atoms with Crippen LogP contribution >= 0.6 is 0 Å². The van der Waals surface area contributed by atoms with E-state index in [1.54, 1.807) is 0 Å². The number of aryl methyl sites for hydroxylation is 1. The standard InChI is InChI=1S/C22H29N3O2/c1-16-14-19(27-25-12-10-23-11-13-25)8-9-20(16)21(26)24-18-7-5-6-17(15-18)22(2,3)4/h5-9,14-15,23H,10-13H2,1-4H3,(H,24,26). The number of amides is 1. The Bertz CT molecular complexity index is 805. The number of nitrogens with one attached hydrogen (secondary N) is 2. The van der Waals surface area contributed by atoms with Gasteiger partial charge in [0, 0.05) is 37.4 Å². The minimum Gasteiger partial charge on any atom is -0.406 e. The van der Waals surface area contributed by atoms with Crippen LogP contribution in [0.3, 0.4) is 0 Å². The molecule has 5 heteroatoms. The number of nitrogens with zero attached hydrogens (tertiary/aromatic N) is 1. The number of carbonyl (C=O) groups excluding carboxylic acids is 1. The third kappa shape index (κ3) is 5.08. The van der Waals surface area contributed by atoms with Crippen LogP contribution in [0.4, 0.5) is 5.69 Å². The van der Waals surface area contributed by atoms with Crippen LogP contribution in [0.2, 0.25) is 0 Å². The van der Waals surface area contributed by atoms with Crippen molar-refractivity contribution in [2.24, 2.45) is 0 Å². The molecular weight excluding hydrogens is 338 g/mol. The van der Waals surface area contributed by atoms with Crippen LogP contribution < -0.4 is 15.5 Å². The first-order valence-electron chi connectivity index (χ1n) is 9.49. The van der Waals surface area contributed by atoms with Crippen LogP contribution in [-0.2, 0) is 5.41 Å². The maximum absolute atomic E-state index is 12.7. The largest absolute Gasteiger partial charge is 0.406 e. The van der Waals surface area contributed by atoms with E-state index in [4.69, 9.17) is 4.84 Å². The van der Waals surface area contributed by atoms with Crippen molar-refractivity contribution >= 4 is 11.6 Å². The van der Waals surface area contributed by atoms with E-state index in [2.05, 4.69) is 37.5 Å². The molecule has 1 aliphatic heterocycles. The zero-order valence-corrected chi connectivity index (χ0v) is 16.6. The maximum Gasteiger partial charge on any atom is 0.255 e. The lowest BCUT2D eigenvalue weighted by atomic mass is 9.87. The second-order valence-electron chi connectivity index (χ2n) is 8.03. The Labute approximate surface area is 161 Å². The normalized spacial score (nSPS) is 15.4. The molecule has 0 radical (unpaired) electrons. The molecule has 0 bridgehead atoms. The first kappa shape index (κ1) is 19.4. The highest BCUT2D eigenvalue weighted by Crippen LogP contribution is 2.25. The average molecular weight is 367 g/mol. The van der Waals surface area contributed by atoms with Gasteiger partial charge >= 0.3 is 0 Å². The van der Waals surface area contributed by atoms with Gasteiger partial charge in [-0.15, -0.1) is 5.06 Å². The highest BCUT2D eigenvalue weighted by Gasteiger charge is 2.16. The topological polar surface area (TPSA) is 53.6 Å². The fourth-order valence-electron chi connectivity index (χ4n) is 3.09. The van der Waals surface area contributed by atoms with E-state index in [0.29, 0.717) is 5.56 Å². The minimum absolute atomic E-state index is 0.0413. The average Bonchev–Trinajstić information content (AvgIpc) is 2.62. The lowest BCUT2D eigenvalue weighted by molar-refractivity contribution is -0.0664. The van der Waals surface area contributed by atoms with Crippen LogP contribution in [0.25, 0.3) is 0 Å². The van der Waals surface area contributed by atoms with E-state index in [0.717, 1.165) is 43.2 Å². The summed E-state index contributed by atoms with van der Waals surface area (Å²) in [4.78, 5) is 18.6. The fraction of sp³-hybridized carbons (Fsp3) is 0.409. The lowest BCUT2D eigenvalue weighted by Crippen LogP contribution is -2.45. The van der Waals surface area contributed by atoms with Gasteiger partial charge in [-0.25, -0.2) is 0 Å². The number of rotatable bonds is 4. The lowest BCUT2D eigenvalue weighted by Gasteiger charge is -2.27. The summed E-state index contributed by atoms with van der Waals surface area (Å²) in [6.45, 7) is 12.0. The number of carbonyl (C=O) groups is 1. The monoisotopic (exact) mass is 367 g/mol. The summed E-state index contributed by atoms with van der Waals surface area (Å²) in [5.41, 5.74) is 3.60. The second-order valence-corrected chi connectivity index (χ2v) is 8.03. The molecule has 0 spiro atoms. The quantitative estimate of drug-likeness (QED) is 0.864. The van der Waals surface area contributed by atoms with Gasteiger partial charge in [-0.3, -0.25) is 4.79 Å². The van der Waals surface area contributed by atoms with E-state index in [1.165, 1.54) is 5.56 Å². The molecule has 1 amide bonds. The number of hydrogen-bond donors (Lipinski definition) is 2. The van der Waals surface area contributed by atoms with Crippen LogP contribution in [-0.4, -0.2) is 37.1 Å². The van der Waals surface area contributed by atoms with Gasteiger partial charge in [0.2, 0.25) is 0 Å². The molecule has 2 N–H and O–H groups in total. The number of benzene rings is 2. The van der Waals surface area contributed by atoms with Crippen molar-refractivity contribution in [1.29, 1.82) is 0 Å². The molecule has 144 valence electrons. The molecular formula is C22H29N3O2. The van der Waals surface area contributed by atoms with E-state index in [1.807, 2.05) is 48.4 Å². The summed E-state index contributed by atoms with van der Waals surface area (Å²) in [5, 5.41) is 8.26. The van der Waals surface area contributed by atoms with Gasteiger partial charge in [0.15, 0.2) is 0 Å². The number of hydroxylamine groups is 2. The van der Waals surface area contributed by atoms with Gasteiger partial charge in [0.05, 0.1) is 0 Å². The molecule has 1 saturated heterocycles. The SMILES string of the molecule is Cc1cc(ON2CCNCC2)ccc1C(=O)Nc1cccc(C(C)(C)C)c1. The van der Waals surface area contributed by atoms with E-state index in [-0.39, 0.29) is 11.3 Å². The highest BCUT2D eigenvalue weighted by atomic mass is 16.7. The van der Waals surface area contributed by atoms with Crippen molar-refractivity contribution in [3.8, 4) is 5.75 Å². The molecule has 3 rings (SSSR count). The van der Waals surface area contributed by atoms with Crippen molar-refractivity contribution in [3.05, 3.63) is 59.2 Å². The summed E-state index contributed by atoms with van der Waals surface area (Å²) in [5.74, 6) is 0.660. The first-order chi connectivity index (χ1) is 12.8. The Morgan fingerprint density at radius 1 is 1.11 bits per heavy atom. The van der Waals surface area contributed by atoms with Gasteiger partial charge in [0.25, 0.3) is 5.91 Å². The van der Waals surface area contributed by atoms with Gasteiger partial charge in [-0.2, -0.15) is 0 Å². The third-order valence-electron chi connectivity index (χ3n) is 4.74. The van der Waals surface area contributed by atoms with Crippen molar-refractivity contribution in [2.75, 3.05) is 31.5 Å². The van der Waals surface area contributed by atoms with E-state index < -0.39 is 0 Å². The maximum atomic E-state index is 12.7. The van der Waals surface area contributed by atoms with Gasteiger partial charge < -0.3 is 15.5 Å². The molecule has 0 unspecified atom stereocenters. The van der Waals surface area contributed by atoms with E-state index >= 15 is 0 Å². The summed E-state index contributed by atoms with van der Waals surface area (Å²) in [6, 6.07) is 13.6. The number of anilines is 1. The Morgan fingerprint density at radius 3 is 2.52 bits per heavy atom. The highest BCUT2D eigenvalue weighted by molar-refractivity contribution is 6.05. The minimum atomic E-state index is -0.104. The Morgan fingerprint density at radius 2 is 1.85 bits per heavy atom. The van der Waals surface area contributed by atoms with Crippen molar-refractivity contribution in [2.45, 2.75) is 33.1 Å². The number of piperazine rings is 1. The summed E-state index contributed by atoms with van der Waals surface area (Å²) in [7, 11) is 0. The van der Waals surface area contributed by atoms with E-state index in [9.17, 15) is 4.79 Å². The molecule has 1 aliphatic rings. The summed E-state index contributed by atoms with van der Waals surface area (Å²) in [6.07, 6.45) is 0. The summed E-state index contributed by atoms with van der Waals surface area (Å²) < 4.78 is 0. The first-order valence-corrected chi connectivity index (χ1v) is 9.49. The van der Waals surface area contributed by atoms with Gasteiger partial charge in [-0.05, 0) is 53.8 Å². The molecule has 0 aromatic heterocycles. The molecule has 2 aromatic carbocycles. The van der Waals surface area contributed by atoms with Crippen LogP contribution in [0.5, 0.6) is 5.75 Å². The van der Waals surface area contributed by atoms with Crippen LogP contribution in [0.15, 0.2) is 42.5 Å². The molecule has 0 aliphatic carbocycles. The molecule has 5 nitrogen and oxygen atoms in total. The van der Waals surface area contributed by atoms with Gasteiger partial charge in [0.1, 0.15) is 5.75 Å². The Balaban J connectivity index is 1.69. The van der Waals surface area contributed by atoms with Crippen molar-refractivity contribution in [1.82, 2.24) is 10.4 Å². The third-order valence-corrected chi connectivity index (χ3v) is 4.74. The number of hydrogen-bond acceptors (Lipinski definition) is 4.